The van der Waals surface area contributed by atoms with Crippen LogP contribution in [0, 0.1) is 0 Å². The topological polar surface area (TPSA) is 83.6 Å². The summed E-state index contributed by atoms with van der Waals surface area (Å²) in [6.45, 7) is 1.13. The molecule has 2 aromatic rings. The molecule has 9 heteroatoms. The monoisotopic (exact) mass is 410 g/mol. The average Bonchev–Trinajstić information content (AvgIpc) is 3.03. The van der Waals surface area contributed by atoms with Crippen molar-refractivity contribution < 1.29 is 14.3 Å². The molecule has 0 fully saturated rings. The minimum Gasteiger partial charge on any atom is -0.383 e. The number of thiazole rings is 1. The second kappa shape index (κ2) is 11.0. The fraction of sp³-hybridized carbons (Fsp3) is 0.389. The number of aromatic nitrogens is 1. The van der Waals surface area contributed by atoms with Crippen LogP contribution in [-0.4, -0.2) is 62.1 Å². The van der Waals surface area contributed by atoms with Crippen molar-refractivity contribution in [3.8, 4) is 0 Å². The summed E-state index contributed by atoms with van der Waals surface area (Å²) in [5, 5.41) is 6.71. The van der Waals surface area contributed by atoms with Gasteiger partial charge in [0.25, 0.3) is 0 Å². The van der Waals surface area contributed by atoms with Crippen LogP contribution in [0.1, 0.15) is 10.4 Å². The van der Waals surface area contributed by atoms with E-state index in [4.69, 9.17) is 16.3 Å². The molecule has 27 heavy (non-hydrogen) atoms. The van der Waals surface area contributed by atoms with E-state index in [-0.39, 0.29) is 24.9 Å². The number of carbonyl (C=O) groups is 2. The molecule has 1 aromatic heterocycles. The third-order valence-electron chi connectivity index (χ3n) is 3.58. The molecular weight excluding hydrogens is 388 g/mol. The normalized spacial score (nSPS) is 10.8. The Kier molecular flexibility index (Phi) is 8.66. The summed E-state index contributed by atoms with van der Waals surface area (Å²) in [6.07, 6.45) is 2.39. The van der Waals surface area contributed by atoms with Gasteiger partial charge in [-0.1, -0.05) is 29.8 Å². The first kappa shape index (κ1) is 21.3. The number of nitrogens with one attached hydrogen (secondary N) is 2. The largest absolute Gasteiger partial charge is 0.383 e. The molecule has 2 amide bonds. The SMILES string of the molecule is COCCNC(=O)CN(C)CC(=O)Nc1ncc(Cc2ccccc2Cl)s1. The highest BCUT2D eigenvalue weighted by atomic mass is 35.5. The van der Waals surface area contributed by atoms with E-state index in [0.717, 1.165) is 10.4 Å². The van der Waals surface area contributed by atoms with E-state index >= 15 is 0 Å². The predicted octanol–water partition coefficient (Wildman–Crippen LogP) is 2.02. The second-order valence-corrected chi connectivity index (χ2v) is 7.49. The lowest BCUT2D eigenvalue weighted by Gasteiger charge is -2.15. The summed E-state index contributed by atoms with van der Waals surface area (Å²) < 4.78 is 4.87. The number of rotatable bonds is 10. The van der Waals surface area contributed by atoms with Gasteiger partial charge < -0.3 is 15.4 Å². The number of halogens is 1. The summed E-state index contributed by atoms with van der Waals surface area (Å²) in [5.74, 6) is -0.376. The van der Waals surface area contributed by atoms with Gasteiger partial charge in [-0.25, -0.2) is 4.98 Å². The van der Waals surface area contributed by atoms with Gasteiger partial charge in [0.1, 0.15) is 0 Å². The van der Waals surface area contributed by atoms with E-state index in [1.807, 2.05) is 24.3 Å². The van der Waals surface area contributed by atoms with Crippen LogP contribution >= 0.6 is 22.9 Å². The predicted molar refractivity (Wildman–Crippen MR) is 107 cm³/mol. The molecule has 0 unspecified atom stereocenters. The first-order chi connectivity index (χ1) is 13.0. The van der Waals surface area contributed by atoms with Crippen LogP contribution in [0.4, 0.5) is 5.13 Å². The maximum absolute atomic E-state index is 12.1. The van der Waals surface area contributed by atoms with Gasteiger partial charge in [0, 0.05) is 36.2 Å². The second-order valence-electron chi connectivity index (χ2n) is 5.96. The first-order valence-corrected chi connectivity index (χ1v) is 9.59. The third kappa shape index (κ3) is 7.64. The molecule has 146 valence electrons. The number of likely N-dealkylation sites (N-methyl/N-ethyl adjacent to an activating group) is 1. The van der Waals surface area contributed by atoms with Crippen molar-refractivity contribution in [2.45, 2.75) is 6.42 Å². The van der Waals surface area contributed by atoms with Gasteiger partial charge in [-0.15, -0.1) is 11.3 Å². The highest BCUT2D eigenvalue weighted by Crippen LogP contribution is 2.24. The molecule has 7 nitrogen and oxygen atoms in total. The zero-order chi connectivity index (χ0) is 19.6. The van der Waals surface area contributed by atoms with E-state index in [2.05, 4.69) is 15.6 Å². The molecule has 0 aliphatic heterocycles. The Bertz CT molecular complexity index is 769. The lowest BCUT2D eigenvalue weighted by molar-refractivity contribution is -0.123. The number of methoxy groups -OCH3 is 1. The Morgan fingerprint density at radius 3 is 2.74 bits per heavy atom. The number of carbonyl (C=O) groups excluding carboxylic acids is 2. The van der Waals surface area contributed by atoms with Crippen molar-refractivity contribution in [1.82, 2.24) is 15.2 Å². The Labute approximate surface area is 167 Å². The molecule has 0 saturated carbocycles. The van der Waals surface area contributed by atoms with E-state index in [1.165, 1.54) is 11.3 Å². The van der Waals surface area contributed by atoms with Crippen LogP contribution in [-0.2, 0) is 20.7 Å². The molecule has 0 aliphatic carbocycles. The van der Waals surface area contributed by atoms with Gasteiger partial charge in [0.15, 0.2) is 5.13 Å². The number of nitrogens with zero attached hydrogens (tertiary/aromatic N) is 2. The van der Waals surface area contributed by atoms with E-state index < -0.39 is 0 Å². The van der Waals surface area contributed by atoms with Gasteiger partial charge in [-0.2, -0.15) is 0 Å². The summed E-state index contributed by atoms with van der Waals surface area (Å²) in [5.41, 5.74) is 1.01. The van der Waals surface area contributed by atoms with Crippen LogP contribution in [0.5, 0.6) is 0 Å². The molecule has 1 aromatic carbocycles. The van der Waals surface area contributed by atoms with Gasteiger partial charge in [-0.05, 0) is 18.7 Å². The van der Waals surface area contributed by atoms with Crippen molar-refractivity contribution >= 4 is 39.9 Å². The fourth-order valence-corrected chi connectivity index (χ4v) is 3.38. The van der Waals surface area contributed by atoms with Crippen LogP contribution in [0.15, 0.2) is 30.5 Å². The first-order valence-electron chi connectivity index (χ1n) is 8.40. The molecular formula is C18H23ClN4O3S. The number of hydrogen-bond acceptors (Lipinski definition) is 6. The van der Waals surface area contributed by atoms with Crippen LogP contribution in [0.3, 0.4) is 0 Å². The quantitative estimate of drug-likeness (QED) is 0.585. The number of amides is 2. The van der Waals surface area contributed by atoms with E-state index in [9.17, 15) is 9.59 Å². The fourth-order valence-electron chi connectivity index (χ4n) is 2.33. The minimum absolute atomic E-state index is 0.0944. The van der Waals surface area contributed by atoms with Crippen molar-refractivity contribution in [2.75, 3.05) is 45.7 Å². The van der Waals surface area contributed by atoms with Crippen molar-refractivity contribution in [1.29, 1.82) is 0 Å². The highest BCUT2D eigenvalue weighted by Gasteiger charge is 2.13. The van der Waals surface area contributed by atoms with Crippen LogP contribution in [0.2, 0.25) is 5.02 Å². The van der Waals surface area contributed by atoms with Crippen molar-refractivity contribution in [3.63, 3.8) is 0 Å². The average molecular weight is 411 g/mol. The van der Waals surface area contributed by atoms with Gasteiger partial charge in [-0.3, -0.25) is 14.5 Å². The minimum atomic E-state index is -0.221. The number of benzene rings is 1. The van der Waals surface area contributed by atoms with Crippen molar-refractivity contribution in [2.24, 2.45) is 0 Å². The summed E-state index contributed by atoms with van der Waals surface area (Å²) in [4.78, 5) is 30.7. The van der Waals surface area contributed by atoms with Gasteiger partial charge >= 0.3 is 0 Å². The Balaban J connectivity index is 1.78. The van der Waals surface area contributed by atoms with Gasteiger partial charge in [0.2, 0.25) is 11.8 Å². The maximum atomic E-state index is 12.1. The highest BCUT2D eigenvalue weighted by molar-refractivity contribution is 7.15. The zero-order valence-electron chi connectivity index (χ0n) is 15.3. The molecule has 0 spiro atoms. The Morgan fingerprint density at radius 1 is 1.26 bits per heavy atom. The summed E-state index contributed by atoms with van der Waals surface area (Å²) >= 11 is 7.58. The molecule has 0 atom stereocenters. The molecule has 0 saturated heterocycles. The van der Waals surface area contributed by atoms with Gasteiger partial charge in [0.05, 0.1) is 19.7 Å². The Hall–Kier alpha value is -2.00. The van der Waals surface area contributed by atoms with E-state index in [0.29, 0.717) is 29.7 Å². The number of hydrogen-bond donors (Lipinski definition) is 2. The number of anilines is 1. The third-order valence-corrected chi connectivity index (χ3v) is 4.86. The molecule has 0 aliphatic rings. The summed E-state index contributed by atoms with van der Waals surface area (Å²) in [6, 6.07) is 7.64. The van der Waals surface area contributed by atoms with E-state index in [1.54, 1.807) is 25.3 Å². The summed E-state index contributed by atoms with van der Waals surface area (Å²) in [7, 11) is 3.28. The molecule has 2 N–H and O–H groups in total. The smallest absolute Gasteiger partial charge is 0.240 e. The Morgan fingerprint density at radius 2 is 2.00 bits per heavy atom. The standard InChI is InChI=1S/C18H23ClN4O3S/c1-23(11-16(24)20-7-8-26-2)12-17(25)22-18-21-10-14(27-18)9-13-5-3-4-6-15(13)19/h3-6,10H,7-9,11-12H2,1-2H3,(H,20,24)(H,21,22,25). The molecule has 0 bridgehead atoms. The molecule has 0 radical (unpaired) electrons. The molecule has 2 rings (SSSR count). The number of ether oxygens (including phenoxy) is 1. The zero-order valence-corrected chi connectivity index (χ0v) is 16.9. The van der Waals surface area contributed by atoms with Crippen LogP contribution < -0.4 is 10.6 Å². The maximum Gasteiger partial charge on any atom is 0.240 e. The molecule has 1 heterocycles. The lowest BCUT2D eigenvalue weighted by Crippen LogP contribution is -2.39. The lowest BCUT2D eigenvalue weighted by atomic mass is 10.1. The van der Waals surface area contributed by atoms with Crippen LogP contribution in [0.25, 0.3) is 0 Å². The van der Waals surface area contributed by atoms with Crippen molar-refractivity contribution in [3.05, 3.63) is 45.9 Å².